The highest BCUT2D eigenvalue weighted by Gasteiger charge is 2.24. The molecule has 0 bridgehead atoms. The van der Waals surface area contributed by atoms with Crippen LogP contribution in [-0.2, 0) is 6.54 Å². The zero-order valence-electron chi connectivity index (χ0n) is 12.1. The van der Waals surface area contributed by atoms with Gasteiger partial charge in [-0.2, -0.15) is 11.8 Å². The van der Waals surface area contributed by atoms with Crippen molar-refractivity contribution in [2.45, 2.75) is 38.0 Å². The largest absolute Gasteiger partial charge is 0.311 e. The van der Waals surface area contributed by atoms with E-state index in [1.165, 1.54) is 6.07 Å². The Morgan fingerprint density at radius 2 is 2.05 bits per heavy atom. The van der Waals surface area contributed by atoms with Gasteiger partial charge in [-0.3, -0.25) is 10.1 Å². The van der Waals surface area contributed by atoms with Gasteiger partial charge < -0.3 is 5.32 Å². The minimum absolute atomic E-state index is 0.117. The molecule has 112 valence electrons. The molecule has 0 aromatic heterocycles. The minimum atomic E-state index is -0.363. The van der Waals surface area contributed by atoms with E-state index in [1.54, 1.807) is 6.07 Å². The molecule has 20 heavy (non-hydrogen) atoms. The minimum Gasteiger partial charge on any atom is -0.311 e. The summed E-state index contributed by atoms with van der Waals surface area (Å²) < 4.78 is 0.813. The van der Waals surface area contributed by atoms with Crippen LogP contribution in [0.25, 0.3) is 0 Å². The lowest BCUT2D eigenvalue weighted by Gasteiger charge is -2.30. The van der Waals surface area contributed by atoms with E-state index in [0.717, 1.165) is 24.9 Å². The van der Waals surface area contributed by atoms with Crippen molar-refractivity contribution in [1.29, 1.82) is 0 Å². The van der Waals surface area contributed by atoms with Crippen LogP contribution in [0.3, 0.4) is 0 Å². The highest BCUT2D eigenvalue weighted by Crippen LogP contribution is 2.31. The van der Waals surface area contributed by atoms with Crippen molar-refractivity contribution in [2.24, 2.45) is 0 Å². The molecule has 1 rings (SSSR count). The van der Waals surface area contributed by atoms with E-state index in [-0.39, 0.29) is 15.4 Å². The standard InChI is InChI=1S/C14H21BrN2O2S/c1-4-14(5-2,20-3)10-16-9-11-7-6-8-12(13(11)15)17(18)19/h6-8,16H,4-5,9-10H2,1-3H3. The van der Waals surface area contributed by atoms with Crippen LogP contribution in [-0.4, -0.2) is 22.5 Å². The molecule has 0 atom stereocenters. The maximum atomic E-state index is 10.9. The van der Waals surface area contributed by atoms with Crippen molar-refractivity contribution in [3.05, 3.63) is 38.3 Å². The SMILES string of the molecule is CCC(CC)(CNCc1cccc([N+](=O)[O-])c1Br)SC. The third kappa shape index (κ3) is 4.20. The molecule has 1 N–H and O–H groups in total. The second-order valence-electron chi connectivity index (χ2n) is 4.71. The lowest BCUT2D eigenvalue weighted by Crippen LogP contribution is -2.36. The Kier molecular flexibility index (Phi) is 6.99. The Morgan fingerprint density at radius 1 is 1.40 bits per heavy atom. The molecule has 4 nitrogen and oxygen atoms in total. The highest BCUT2D eigenvalue weighted by molar-refractivity contribution is 9.10. The summed E-state index contributed by atoms with van der Waals surface area (Å²) in [5, 5.41) is 14.3. The fraction of sp³-hybridized carbons (Fsp3) is 0.571. The molecule has 0 amide bonds. The monoisotopic (exact) mass is 360 g/mol. The van der Waals surface area contributed by atoms with E-state index >= 15 is 0 Å². The highest BCUT2D eigenvalue weighted by atomic mass is 79.9. The van der Waals surface area contributed by atoms with Gasteiger partial charge in [0.05, 0.1) is 9.40 Å². The lowest BCUT2D eigenvalue weighted by molar-refractivity contribution is -0.385. The average Bonchev–Trinajstić information content (AvgIpc) is 2.45. The number of thioether (sulfide) groups is 1. The Hall–Kier alpha value is -0.590. The van der Waals surface area contributed by atoms with Gasteiger partial charge in [0.1, 0.15) is 0 Å². The molecule has 0 aliphatic carbocycles. The number of hydrogen-bond acceptors (Lipinski definition) is 4. The lowest BCUT2D eigenvalue weighted by atomic mass is 10.0. The summed E-state index contributed by atoms with van der Waals surface area (Å²) in [5.41, 5.74) is 1.04. The Labute approximate surface area is 133 Å². The molecule has 0 aliphatic heterocycles. The first-order chi connectivity index (χ1) is 9.49. The normalized spacial score (nSPS) is 11.6. The van der Waals surface area contributed by atoms with E-state index in [0.29, 0.717) is 11.0 Å². The predicted octanol–water partition coefficient (Wildman–Crippen LogP) is 4.37. The third-order valence-electron chi connectivity index (χ3n) is 3.74. The van der Waals surface area contributed by atoms with Crippen molar-refractivity contribution in [1.82, 2.24) is 5.32 Å². The number of nitrogens with one attached hydrogen (secondary N) is 1. The van der Waals surface area contributed by atoms with Crippen LogP contribution in [0.15, 0.2) is 22.7 Å². The number of rotatable bonds is 8. The first kappa shape index (κ1) is 17.5. The van der Waals surface area contributed by atoms with E-state index in [9.17, 15) is 10.1 Å². The Bertz CT molecular complexity index is 456. The van der Waals surface area contributed by atoms with E-state index in [4.69, 9.17) is 0 Å². The van der Waals surface area contributed by atoms with Gasteiger partial charge in [-0.05, 0) is 40.6 Å². The summed E-state index contributed by atoms with van der Waals surface area (Å²) in [6.45, 7) is 5.93. The van der Waals surface area contributed by atoms with Crippen LogP contribution in [0.1, 0.15) is 32.3 Å². The molecule has 6 heteroatoms. The molecule has 0 unspecified atom stereocenters. The summed E-state index contributed by atoms with van der Waals surface area (Å²) in [5.74, 6) is 0. The maximum Gasteiger partial charge on any atom is 0.283 e. The molecular weight excluding hydrogens is 340 g/mol. The maximum absolute atomic E-state index is 10.9. The summed E-state index contributed by atoms with van der Waals surface area (Å²) in [7, 11) is 0. The average molecular weight is 361 g/mol. The molecule has 0 fully saturated rings. The van der Waals surface area contributed by atoms with Gasteiger partial charge in [0.2, 0.25) is 0 Å². The van der Waals surface area contributed by atoms with Gasteiger partial charge in [-0.1, -0.05) is 26.0 Å². The fourth-order valence-corrected chi connectivity index (χ4v) is 3.50. The van der Waals surface area contributed by atoms with Gasteiger partial charge in [-0.15, -0.1) is 0 Å². The third-order valence-corrected chi connectivity index (χ3v) is 6.24. The summed E-state index contributed by atoms with van der Waals surface area (Å²) in [6.07, 6.45) is 4.35. The number of nitrogens with zero attached hydrogens (tertiary/aromatic N) is 1. The predicted molar refractivity (Wildman–Crippen MR) is 89.3 cm³/mol. The van der Waals surface area contributed by atoms with Crippen LogP contribution < -0.4 is 5.32 Å². The van der Waals surface area contributed by atoms with Crippen LogP contribution in [0.4, 0.5) is 5.69 Å². The van der Waals surface area contributed by atoms with Crippen LogP contribution in [0, 0.1) is 10.1 Å². The van der Waals surface area contributed by atoms with Crippen molar-refractivity contribution in [2.75, 3.05) is 12.8 Å². The zero-order chi connectivity index (χ0) is 15.2. The molecule has 1 aromatic rings. The van der Waals surface area contributed by atoms with Gasteiger partial charge >= 0.3 is 0 Å². The van der Waals surface area contributed by atoms with Crippen molar-refractivity contribution < 1.29 is 4.92 Å². The van der Waals surface area contributed by atoms with E-state index < -0.39 is 0 Å². The van der Waals surface area contributed by atoms with Gasteiger partial charge in [0, 0.05) is 23.9 Å². The van der Waals surface area contributed by atoms with E-state index in [2.05, 4.69) is 41.3 Å². The molecule has 0 spiro atoms. The number of nitro benzene ring substituents is 1. The summed E-state index contributed by atoms with van der Waals surface area (Å²) in [6, 6.07) is 5.14. The number of hydrogen-bond donors (Lipinski definition) is 1. The quantitative estimate of drug-likeness (QED) is 0.552. The van der Waals surface area contributed by atoms with Crippen LogP contribution in [0.2, 0.25) is 0 Å². The van der Waals surface area contributed by atoms with Crippen molar-refractivity contribution >= 4 is 33.4 Å². The van der Waals surface area contributed by atoms with Crippen molar-refractivity contribution in [3.8, 4) is 0 Å². The smallest absolute Gasteiger partial charge is 0.283 e. The van der Waals surface area contributed by atoms with Crippen LogP contribution >= 0.6 is 27.7 Å². The molecule has 0 saturated heterocycles. The molecular formula is C14H21BrN2O2S. The summed E-state index contributed by atoms with van der Waals surface area (Å²) in [4.78, 5) is 10.5. The van der Waals surface area contributed by atoms with Gasteiger partial charge in [0.15, 0.2) is 0 Å². The first-order valence-corrected chi connectivity index (χ1v) is 8.69. The molecule has 1 aromatic carbocycles. The van der Waals surface area contributed by atoms with E-state index in [1.807, 2.05) is 17.8 Å². The number of nitro groups is 1. The summed E-state index contributed by atoms with van der Waals surface area (Å²) >= 11 is 5.21. The number of benzene rings is 1. The van der Waals surface area contributed by atoms with Crippen molar-refractivity contribution in [3.63, 3.8) is 0 Å². The number of halogens is 1. The fourth-order valence-electron chi connectivity index (χ4n) is 2.13. The zero-order valence-corrected chi connectivity index (χ0v) is 14.5. The second kappa shape index (κ2) is 8.00. The molecule has 0 heterocycles. The van der Waals surface area contributed by atoms with Gasteiger partial charge in [-0.25, -0.2) is 0 Å². The first-order valence-electron chi connectivity index (χ1n) is 6.67. The second-order valence-corrected chi connectivity index (χ2v) is 6.77. The molecule has 0 radical (unpaired) electrons. The molecule has 0 saturated carbocycles. The Morgan fingerprint density at radius 3 is 2.55 bits per heavy atom. The topological polar surface area (TPSA) is 55.2 Å². The van der Waals surface area contributed by atoms with Crippen LogP contribution in [0.5, 0.6) is 0 Å². The Balaban J connectivity index is 2.71. The molecule has 0 aliphatic rings. The van der Waals surface area contributed by atoms with Gasteiger partial charge in [0.25, 0.3) is 5.69 Å².